The van der Waals surface area contributed by atoms with Gasteiger partial charge in [0.15, 0.2) is 0 Å². The molecule has 2 N–H and O–H groups in total. The molecule has 6 heteroatoms. The molecule has 0 radical (unpaired) electrons. The molecular formula is C15H17BrN4S. The minimum absolute atomic E-state index is 0.728. The quantitative estimate of drug-likeness (QED) is 0.637. The lowest BCUT2D eigenvalue weighted by atomic mass is 9.99. The molecule has 21 heavy (non-hydrogen) atoms. The summed E-state index contributed by atoms with van der Waals surface area (Å²) in [5.74, 6) is 6.14. The fourth-order valence-corrected chi connectivity index (χ4v) is 3.43. The fraction of sp³-hybridized carbons (Fsp3) is 0.333. The third-order valence-corrected chi connectivity index (χ3v) is 4.95. The van der Waals surface area contributed by atoms with E-state index in [2.05, 4.69) is 26.1 Å². The minimum Gasteiger partial charge on any atom is -0.336 e. The second kappa shape index (κ2) is 6.58. The predicted octanol–water partition coefficient (Wildman–Crippen LogP) is 3.91. The van der Waals surface area contributed by atoms with Gasteiger partial charge in [-0.2, -0.15) is 5.10 Å². The summed E-state index contributed by atoms with van der Waals surface area (Å²) in [7, 11) is 0. The Balaban J connectivity index is 1.90. The first-order chi connectivity index (χ1) is 10.2. The number of nitrogen functional groups attached to an aromatic ring is 1. The smallest absolute Gasteiger partial charge is 0.229 e. The molecule has 1 heterocycles. The lowest BCUT2D eigenvalue weighted by Crippen LogP contribution is -2.23. The molecule has 0 atom stereocenters. The summed E-state index contributed by atoms with van der Waals surface area (Å²) in [6, 6.07) is 8.08. The highest BCUT2D eigenvalue weighted by Crippen LogP contribution is 2.21. The van der Waals surface area contributed by atoms with Crippen molar-refractivity contribution >= 4 is 33.0 Å². The number of nitrogens with zero attached hydrogens (tertiary/aromatic N) is 3. The van der Waals surface area contributed by atoms with Crippen LogP contribution in [0.5, 0.6) is 0 Å². The number of hydrogen-bond acceptors (Lipinski definition) is 4. The zero-order valence-corrected chi connectivity index (χ0v) is 14.0. The van der Waals surface area contributed by atoms with Crippen LogP contribution in [0.4, 0.5) is 0 Å². The number of hydrogen-bond donors (Lipinski definition) is 1. The first kappa shape index (κ1) is 14.5. The molecule has 3 rings (SSSR count). The van der Waals surface area contributed by atoms with Gasteiger partial charge in [0.2, 0.25) is 4.80 Å². The lowest BCUT2D eigenvalue weighted by molar-refractivity contribution is 0.663. The predicted molar refractivity (Wildman–Crippen MR) is 91.7 cm³/mol. The van der Waals surface area contributed by atoms with Crippen LogP contribution in [0.3, 0.4) is 0 Å². The van der Waals surface area contributed by atoms with Gasteiger partial charge in [-0.05, 0) is 37.8 Å². The Kier molecular flexibility index (Phi) is 4.55. The highest BCUT2D eigenvalue weighted by atomic mass is 79.9. The van der Waals surface area contributed by atoms with E-state index in [4.69, 9.17) is 5.84 Å². The molecule has 1 aliphatic rings. The van der Waals surface area contributed by atoms with Gasteiger partial charge in [0.05, 0.1) is 5.69 Å². The molecule has 0 saturated heterocycles. The van der Waals surface area contributed by atoms with Crippen molar-refractivity contribution in [1.29, 1.82) is 0 Å². The van der Waals surface area contributed by atoms with E-state index < -0.39 is 0 Å². The molecule has 1 saturated carbocycles. The van der Waals surface area contributed by atoms with Crippen molar-refractivity contribution in [1.82, 2.24) is 4.68 Å². The number of aromatic nitrogens is 1. The first-order valence-electron chi connectivity index (χ1n) is 7.05. The Morgan fingerprint density at radius 1 is 1.05 bits per heavy atom. The van der Waals surface area contributed by atoms with Gasteiger partial charge in [-0.3, -0.25) is 0 Å². The van der Waals surface area contributed by atoms with Crippen LogP contribution in [0.1, 0.15) is 32.1 Å². The normalized spacial score (nSPS) is 16.2. The molecule has 4 nitrogen and oxygen atoms in total. The molecule has 1 aromatic carbocycles. The van der Waals surface area contributed by atoms with Crippen LogP contribution in [-0.2, 0) is 0 Å². The molecule has 0 unspecified atom stereocenters. The Morgan fingerprint density at radius 3 is 2.48 bits per heavy atom. The van der Waals surface area contributed by atoms with Crippen LogP contribution in [0.25, 0.3) is 11.3 Å². The summed E-state index contributed by atoms with van der Waals surface area (Å²) >= 11 is 4.96. The highest BCUT2D eigenvalue weighted by molar-refractivity contribution is 9.10. The van der Waals surface area contributed by atoms with E-state index in [1.807, 2.05) is 29.6 Å². The van der Waals surface area contributed by atoms with Crippen LogP contribution in [0.15, 0.2) is 44.3 Å². The van der Waals surface area contributed by atoms with Crippen molar-refractivity contribution in [2.24, 2.45) is 10.2 Å². The topological polar surface area (TPSA) is 55.7 Å². The van der Waals surface area contributed by atoms with Gasteiger partial charge in [0.1, 0.15) is 0 Å². The number of halogens is 1. The van der Waals surface area contributed by atoms with E-state index in [-0.39, 0.29) is 0 Å². The van der Waals surface area contributed by atoms with Gasteiger partial charge < -0.3 is 5.84 Å². The molecule has 0 spiro atoms. The van der Waals surface area contributed by atoms with Gasteiger partial charge >= 0.3 is 0 Å². The third kappa shape index (κ3) is 3.44. The monoisotopic (exact) mass is 364 g/mol. The molecule has 1 fully saturated rings. The highest BCUT2D eigenvalue weighted by Gasteiger charge is 2.07. The van der Waals surface area contributed by atoms with Crippen molar-refractivity contribution < 1.29 is 0 Å². The summed E-state index contributed by atoms with van der Waals surface area (Å²) in [5.41, 5.74) is 3.22. The van der Waals surface area contributed by atoms with E-state index in [0.29, 0.717) is 0 Å². The molecular weight excluding hydrogens is 348 g/mol. The van der Waals surface area contributed by atoms with Crippen LogP contribution >= 0.6 is 27.3 Å². The number of thiazole rings is 1. The van der Waals surface area contributed by atoms with Crippen LogP contribution in [0, 0.1) is 0 Å². The molecule has 2 aromatic rings. The molecule has 1 aliphatic carbocycles. The van der Waals surface area contributed by atoms with E-state index in [1.54, 1.807) is 4.68 Å². The van der Waals surface area contributed by atoms with Crippen molar-refractivity contribution in [2.45, 2.75) is 32.1 Å². The van der Waals surface area contributed by atoms with Crippen LogP contribution in [-0.4, -0.2) is 10.4 Å². The molecule has 110 valence electrons. The average molecular weight is 365 g/mol. The first-order valence-corrected chi connectivity index (χ1v) is 8.72. The van der Waals surface area contributed by atoms with Gasteiger partial charge in [-0.25, -0.2) is 4.68 Å². The summed E-state index contributed by atoms with van der Waals surface area (Å²) < 4.78 is 2.67. The minimum atomic E-state index is 0.728. The maximum Gasteiger partial charge on any atom is 0.229 e. The second-order valence-corrected chi connectivity index (χ2v) is 6.86. The molecule has 0 bridgehead atoms. The SMILES string of the molecule is Nn1c(-c2ccc(Br)cc2)csc1=NN=C1CCCCC1. The van der Waals surface area contributed by atoms with E-state index in [0.717, 1.165) is 33.4 Å². The van der Waals surface area contributed by atoms with Crippen molar-refractivity contribution in [2.75, 3.05) is 5.84 Å². The van der Waals surface area contributed by atoms with Gasteiger partial charge in [-0.1, -0.05) is 34.5 Å². The lowest BCUT2D eigenvalue weighted by Gasteiger charge is -2.09. The van der Waals surface area contributed by atoms with E-state index >= 15 is 0 Å². The largest absolute Gasteiger partial charge is 0.336 e. The Morgan fingerprint density at radius 2 is 1.76 bits per heavy atom. The van der Waals surface area contributed by atoms with Crippen molar-refractivity contribution in [3.05, 3.63) is 38.9 Å². The Bertz CT molecular complexity index is 704. The van der Waals surface area contributed by atoms with Gasteiger partial charge in [0.25, 0.3) is 0 Å². The maximum absolute atomic E-state index is 6.14. The Labute approximate surface area is 136 Å². The summed E-state index contributed by atoms with van der Waals surface area (Å²) in [6.45, 7) is 0. The van der Waals surface area contributed by atoms with Crippen molar-refractivity contribution in [3.8, 4) is 11.3 Å². The van der Waals surface area contributed by atoms with Crippen LogP contribution < -0.4 is 10.6 Å². The summed E-state index contributed by atoms with van der Waals surface area (Å²) in [6.07, 6.45) is 5.90. The zero-order chi connectivity index (χ0) is 14.7. The Hall–Kier alpha value is -1.40. The molecule has 0 aliphatic heterocycles. The maximum atomic E-state index is 6.14. The number of benzene rings is 1. The van der Waals surface area contributed by atoms with Crippen molar-refractivity contribution in [3.63, 3.8) is 0 Å². The van der Waals surface area contributed by atoms with Gasteiger partial charge in [0, 0.05) is 21.1 Å². The fourth-order valence-electron chi connectivity index (χ4n) is 2.40. The second-order valence-electron chi connectivity index (χ2n) is 5.11. The average Bonchev–Trinajstić information content (AvgIpc) is 2.88. The summed E-state index contributed by atoms with van der Waals surface area (Å²) in [5, 5.41) is 10.7. The van der Waals surface area contributed by atoms with Gasteiger partial charge in [-0.15, -0.1) is 16.4 Å². The standard InChI is InChI=1S/C15H17BrN4S/c16-12-8-6-11(7-9-12)14-10-21-15(20(14)17)19-18-13-4-2-1-3-5-13/h6-10H,1-5,17H2. The number of nitrogens with two attached hydrogens (primary N) is 1. The summed E-state index contributed by atoms with van der Waals surface area (Å²) in [4.78, 5) is 0.728. The van der Waals surface area contributed by atoms with E-state index in [9.17, 15) is 0 Å². The molecule has 0 amide bonds. The van der Waals surface area contributed by atoms with Crippen LogP contribution in [0.2, 0.25) is 0 Å². The van der Waals surface area contributed by atoms with E-state index in [1.165, 1.54) is 36.3 Å². The molecule has 1 aromatic heterocycles. The zero-order valence-electron chi connectivity index (χ0n) is 11.6. The number of rotatable bonds is 2. The third-order valence-electron chi connectivity index (χ3n) is 3.59.